The molecule has 0 saturated heterocycles. The number of nitrogens with one attached hydrogen (secondary N) is 1. The lowest BCUT2D eigenvalue weighted by Crippen LogP contribution is -2.17. The van der Waals surface area contributed by atoms with E-state index >= 15 is 0 Å². The number of rotatable bonds is 11. The Labute approximate surface area is 398 Å². The number of alkyl halides is 1. The minimum atomic E-state index is -0.769. The Bertz CT molecular complexity index is 2000. The molecule has 2 fully saturated rings. The molecule has 8 rings (SSSR count). The third-order valence-corrected chi connectivity index (χ3v) is 11.0. The van der Waals surface area contributed by atoms with E-state index in [9.17, 15) is 24.0 Å². The number of aromatic amines is 1. The summed E-state index contributed by atoms with van der Waals surface area (Å²) >= 11 is 2.83. The molecule has 0 radical (unpaired) electrons. The molecular weight excluding hydrogens is 886 g/mol. The van der Waals surface area contributed by atoms with Crippen LogP contribution < -0.4 is 0 Å². The summed E-state index contributed by atoms with van der Waals surface area (Å²) < 4.78 is 16.6. The van der Waals surface area contributed by atoms with Crippen LogP contribution in [0, 0.1) is 0 Å². The molecule has 2 saturated carbocycles. The molecule has 1 N–H and O–H groups in total. The molecule has 0 unspecified atom stereocenters. The molecular formula is C53H78BrN3O8. The highest BCUT2D eigenvalue weighted by Gasteiger charge is 2.24. The number of carbonyl (C=O) groups excluding carboxylic acids is 5. The number of esters is 3. The molecule has 4 aromatic rings. The van der Waals surface area contributed by atoms with Gasteiger partial charge < -0.3 is 23.8 Å². The van der Waals surface area contributed by atoms with Crippen molar-refractivity contribution in [2.45, 2.75) is 153 Å². The van der Waals surface area contributed by atoms with Gasteiger partial charge in [0.1, 0.15) is 17.2 Å². The van der Waals surface area contributed by atoms with Crippen LogP contribution in [0.5, 0.6) is 0 Å². The predicted octanol–water partition coefficient (Wildman–Crippen LogP) is 12.3. The summed E-state index contributed by atoms with van der Waals surface area (Å²) in [4.78, 5) is 62.1. The molecule has 0 amide bonds. The molecule has 65 heavy (non-hydrogen) atoms. The predicted molar refractivity (Wildman–Crippen MR) is 269 cm³/mol. The molecule has 2 aromatic carbocycles. The van der Waals surface area contributed by atoms with E-state index in [0.29, 0.717) is 30.4 Å². The number of ether oxygens (including phenoxy) is 3. The van der Waals surface area contributed by atoms with E-state index in [4.69, 9.17) is 9.47 Å². The number of aryl methyl sites for hydroxylation is 3. The van der Waals surface area contributed by atoms with Gasteiger partial charge in [0.15, 0.2) is 0 Å². The zero-order valence-corrected chi connectivity index (χ0v) is 37.7. The van der Waals surface area contributed by atoms with Gasteiger partial charge in [-0.05, 0) is 132 Å². The topological polar surface area (TPSA) is 146 Å². The lowest BCUT2D eigenvalue weighted by atomic mass is 10.2. The van der Waals surface area contributed by atoms with E-state index in [1.165, 1.54) is 77.9 Å². The van der Waals surface area contributed by atoms with E-state index in [1.54, 1.807) is 6.92 Å². The third-order valence-electron chi connectivity index (χ3n) is 10.5. The Morgan fingerprint density at radius 3 is 1.71 bits per heavy atom. The van der Waals surface area contributed by atoms with Crippen LogP contribution in [0.25, 0.3) is 0 Å². The number of fused-ring (bicyclic) bond motifs is 2. The lowest BCUT2D eigenvalue weighted by molar-refractivity contribution is -0.152. The summed E-state index contributed by atoms with van der Waals surface area (Å²) in [6, 6.07) is 24.7. The van der Waals surface area contributed by atoms with Crippen molar-refractivity contribution in [1.29, 1.82) is 0 Å². The maximum atomic E-state index is 12.1. The molecule has 2 heterocycles. The second-order valence-corrected chi connectivity index (χ2v) is 15.6. The quantitative estimate of drug-likeness (QED) is 0.0676. The van der Waals surface area contributed by atoms with Gasteiger partial charge in [0.05, 0.1) is 31.7 Å². The third kappa shape index (κ3) is 20.3. The largest absolute Gasteiger partial charge is 0.461 e. The van der Waals surface area contributed by atoms with Gasteiger partial charge in [-0.2, -0.15) is 0 Å². The highest BCUT2D eigenvalue weighted by Crippen LogP contribution is 2.27. The first kappa shape index (κ1) is 59.9. The van der Waals surface area contributed by atoms with Crippen LogP contribution in [0.2, 0.25) is 0 Å². The van der Waals surface area contributed by atoms with Crippen molar-refractivity contribution in [1.82, 2.24) is 9.55 Å². The number of aromatic nitrogens is 2. The van der Waals surface area contributed by atoms with E-state index < -0.39 is 11.8 Å². The Morgan fingerprint density at radius 2 is 1.17 bits per heavy atom. The maximum absolute atomic E-state index is 12.1. The average molecular weight is 965 g/mol. The highest BCUT2D eigenvalue weighted by molar-refractivity contribution is 9.09. The average Bonchev–Trinajstić information content (AvgIpc) is 4.14. The van der Waals surface area contributed by atoms with Crippen LogP contribution >= 0.6 is 15.9 Å². The number of hydrogen-bond donors (Lipinski definition) is 1. The Kier molecular flexibility index (Phi) is 30.8. The summed E-state index contributed by atoms with van der Waals surface area (Å²) in [7, 11) is 0. The molecule has 0 aliphatic heterocycles. The fourth-order valence-corrected chi connectivity index (χ4v) is 7.68. The van der Waals surface area contributed by atoms with Crippen LogP contribution in [0.15, 0.2) is 77.8 Å². The van der Waals surface area contributed by atoms with Gasteiger partial charge in [-0.25, -0.2) is 14.4 Å². The van der Waals surface area contributed by atoms with Crippen LogP contribution in [0.4, 0.5) is 0 Å². The smallest absolute Gasteiger partial charge is 0.375 e. The van der Waals surface area contributed by atoms with Gasteiger partial charge in [-0.1, -0.05) is 106 Å². The van der Waals surface area contributed by atoms with Gasteiger partial charge in [0.25, 0.3) is 0 Å². The number of aliphatic imine (C=N–C) groups is 1. The van der Waals surface area contributed by atoms with Crippen molar-refractivity contribution in [2.24, 2.45) is 4.99 Å². The van der Waals surface area contributed by atoms with Crippen LogP contribution in [-0.4, -0.2) is 69.9 Å². The van der Waals surface area contributed by atoms with E-state index in [2.05, 4.69) is 71.6 Å². The molecule has 360 valence electrons. The second-order valence-electron chi connectivity index (χ2n) is 15.0. The van der Waals surface area contributed by atoms with Crippen molar-refractivity contribution >= 4 is 51.1 Å². The minimum absolute atomic E-state index is 0. The van der Waals surface area contributed by atoms with Crippen molar-refractivity contribution in [2.75, 3.05) is 25.2 Å². The highest BCUT2D eigenvalue weighted by atomic mass is 79.9. The van der Waals surface area contributed by atoms with E-state index in [-0.39, 0.29) is 53.6 Å². The summed E-state index contributed by atoms with van der Waals surface area (Å²) in [5.41, 5.74) is 10.4. The molecule has 0 atom stereocenters. The number of ketones is 2. The molecule has 0 spiro atoms. The summed E-state index contributed by atoms with van der Waals surface area (Å²) in [5.74, 6) is -1.31. The van der Waals surface area contributed by atoms with Gasteiger partial charge >= 0.3 is 17.9 Å². The van der Waals surface area contributed by atoms with E-state index in [1.807, 2.05) is 50.2 Å². The fourth-order valence-electron chi connectivity index (χ4n) is 7.45. The van der Waals surface area contributed by atoms with Gasteiger partial charge in [0.2, 0.25) is 5.78 Å². The zero-order chi connectivity index (χ0) is 43.8. The Balaban J connectivity index is 0.000000814. The van der Waals surface area contributed by atoms with Crippen LogP contribution in [0.3, 0.4) is 0 Å². The summed E-state index contributed by atoms with van der Waals surface area (Å²) in [6.07, 6.45) is 15.8. The number of nitrogens with zero attached hydrogens (tertiary/aromatic N) is 2. The molecule has 11 nitrogen and oxygen atoms in total. The number of carbonyl (C=O) groups is 5. The van der Waals surface area contributed by atoms with Crippen molar-refractivity contribution in [3.63, 3.8) is 0 Å². The van der Waals surface area contributed by atoms with Gasteiger partial charge in [-0.3, -0.25) is 14.6 Å². The van der Waals surface area contributed by atoms with E-state index in [0.717, 1.165) is 64.5 Å². The first-order valence-corrected chi connectivity index (χ1v) is 22.9. The summed E-state index contributed by atoms with van der Waals surface area (Å²) in [6.45, 7) is 8.02. The van der Waals surface area contributed by atoms with Crippen molar-refractivity contribution in [3.8, 4) is 0 Å². The number of H-pyrrole nitrogens is 1. The minimum Gasteiger partial charge on any atom is -0.461 e. The second kappa shape index (κ2) is 33.4. The van der Waals surface area contributed by atoms with Crippen LogP contribution in [-0.2, 0) is 67.4 Å². The normalized spacial score (nSPS) is 13.4. The maximum Gasteiger partial charge on any atom is 0.375 e. The number of hydrogen-bond acceptors (Lipinski definition) is 9. The van der Waals surface area contributed by atoms with Crippen LogP contribution in [0.1, 0.15) is 169 Å². The zero-order valence-electron chi connectivity index (χ0n) is 36.1. The lowest BCUT2D eigenvalue weighted by Gasteiger charge is -2.12. The van der Waals surface area contributed by atoms with Crippen molar-refractivity contribution in [3.05, 3.63) is 118 Å². The Hall–Kier alpha value is -5.10. The number of benzene rings is 2. The molecule has 0 bridgehead atoms. The summed E-state index contributed by atoms with van der Waals surface area (Å²) in [5, 5.41) is 0.0336. The molecule has 2 aromatic heterocycles. The fraction of sp³-hybridized carbons (Fsp3) is 0.509. The first-order chi connectivity index (χ1) is 29.7. The van der Waals surface area contributed by atoms with Gasteiger partial charge in [-0.15, -0.1) is 0 Å². The SMILES string of the molecule is C.C.C.C.CCOC(=O)C(=O)CBr.CCOC(=O)c1cc2c([nH]1)CCC2.CCOC(=O)c1cc2c(n1Cc1ccccc1)CCC2.O=C1CCCC1.c1ccc(CN=C2CCCC2)cc1. The monoisotopic (exact) mass is 963 g/mol. The number of halogens is 1. The molecule has 4 aliphatic rings. The molecule has 12 heteroatoms. The van der Waals surface area contributed by atoms with Gasteiger partial charge in [0, 0.05) is 36.5 Å². The first-order valence-electron chi connectivity index (χ1n) is 21.8. The Morgan fingerprint density at radius 1 is 0.631 bits per heavy atom. The molecule has 4 aliphatic carbocycles. The standard InChI is InChI=1S/C17H19NO2.C12H15N.C10H13NO2.C5H7BrO3.C5H8O.4CH4/c1-2-20-17(19)16-11-14-9-6-10-15(14)18(16)12-13-7-4-3-5-8-13;1-2-6-11(7-3-1)10-13-12-8-4-5-9-12;1-2-13-10(12)9-6-7-4-3-5-8(7)11-9;1-2-9-5(8)4(7)3-6;6-5-3-1-2-4-5;;;;/h3-5,7-8,11H,2,6,9-10,12H2,1H3;1-3,6-7H,4-5,8-10H2;6,11H,2-5H2,1H3;2-3H2,1H3;1-4H2;4*1H4. The van der Waals surface area contributed by atoms with Crippen molar-refractivity contribution < 1.29 is 38.2 Å². The number of Topliss-reactive ketones (excluding diaryl/α,β-unsaturated/α-hetero) is 2.